The zero-order chi connectivity index (χ0) is 11.8. The summed E-state index contributed by atoms with van der Waals surface area (Å²) in [6, 6.07) is 0. The zero-order valence-corrected chi connectivity index (χ0v) is 10.9. The molecule has 1 saturated heterocycles. The molecule has 0 aromatic rings. The lowest BCUT2D eigenvalue weighted by Crippen LogP contribution is -2.42. The minimum atomic E-state index is -3.02. The van der Waals surface area contributed by atoms with Crippen LogP contribution < -0.4 is 5.73 Å². The van der Waals surface area contributed by atoms with Crippen LogP contribution in [0.2, 0.25) is 0 Å². The molecule has 2 N–H and O–H groups in total. The SMILES string of the molecule is NC(=S)C1CCN(S(=O)(=O)CC2CC2)CC1. The summed E-state index contributed by atoms with van der Waals surface area (Å²) in [6.45, 7) is 1.16. The first-order valence-electron chi connectivity index (χ1n) is 5.76. The Labute approximate surface area is 102 Å². The smallest absolute Gasteiger partial charge is 0.214 e. The molecule has 0 aromatic heterocycles. The second-order valence-corrected chi connectivity index (χ2v) is 7.28. The van der Waals surface area contributed by atoms with Gasteiger partial charge in [-0.2, -0.15) is 0 Å². The van der Waals surface area contributed by atoms with Crippen molar-refractivity contribution in [2.75, 3.05) is 18.8 Å². The van der Waals surface area contributed by atoms with Crippen LogP contribution >= 0.6 is 12.2 Å². The van der Waals surface area contributed by atoms with Crippen molar-refractivity contribution in [1.29, 1.82) is 0 Å². The molecule has 1 aliphatic heterocycles. The largest absolute Gasteiger partial charge is 0.393 e. The van der Waals surface area contributed by atoms with E-state index in [1.165, 1.54) is 0 Å². The van der Waals surface area contributed by atoms with E-state index in [9.17, 15) is 8.42 Å². The Hall–Kier alpha value is -0.200. The molecule has 4 nitrogen and oxygen atoms in total. The fraction of sp³-hybridized carbons (Fsp3) is 0.900. The van der Waals surface area contributed by atoms with Crippen LogP contribution in [0.3, 0.4) is 0 Å². The van der Waals surface area contributed by atoms with Crippen LogP contribution in [0, 0.1) is 11.8 Å². The Balaban J connectivity index is 1.90. The van der Waals surface area contributed by atoms with Gasteiger partial charge in [-0.05, 0) is 31.6 Å². The number of nitrogens with zero attached hydrogens (tertiary/aromatic N) is 1. The molecule has 6 heteroatoms. The normalized spacial score (nSPS) is 24.5. The summed E-state index contributed by atoms with van der Waals surface area (Å²) in [5.74, 6) is 0.978. The lowest BCUT2D eigenvalue weighted by Gasteiger charge is -2.30. The summed E-state index contributed by atoms with van der Waals surface area (Å²) in [4.78, 5) is 0.527. The van der Waals surface area contributed by atoms with Crippen molar-refractivity contribution in [3.8, 4) is 0 Å². The van der Waals surface area contributed by atoms with Gasteiger partial charge in [0.1, 0.15) is 0 Å². The quantitative estimate of drug-likeness (QED) is 0.759. The standard InChI is InChI=1S/C10H18N2O2S2/c11-10(15)9-3-5-12(6-4-9)16(13,14)7-8-1-2-8/h8-9H,1-7H2,(H2,11,15). The highest BCUT2D eigenvalue weighted by Gasteiger charge is 2.34. The average molecular weight is 262 g/mol. The van der Waals surface area contributed by atoms with Crippen LogP contribution in [0.25, 0.3) is 0 Å². The molecule has 0 amide bonds. The number of hydrogen-bond acceptors (Lipinski definition) is 3. The zero-order valence-electron chi connectivity index (χ0n) is 9.26. The van der Waals surface area contributed by atoms with Gasteiger partial charge in [-0.25, -0.2) is 12.7 Å². The molecule has 1 saturated carbocycles. The molecule has 0 atom stereocenters. The Kier molecular flexibility index (Phi) is 3.51. The van der Waals surface area contributed by atoms with Crippen molar-refractivity contribution in [3.63, 3.8) is 0 Å². The van der Waals surface area contributed by atoms with E-state index < -0.39 is 10.0 Å². The van der Waals surface area contributed by atoms with Crippen LogP contribution in [-0.2, 0) is 10.0 Å². The van der Waals surface area contributed by atoms with E-state index in [1.54, 1.807) is 4.31 Å². The van der Waals surface area contributed by atoms with Gasteiger partial charge in [0, 0.05) is 19.0 Å². The molecule has 0 spiro atoms. The predicted molar refractivity (Wildman–Crippen MR) is 67.6 cm³/mol. The molecule has 16 heavy (non-hydrogen) atoms. The first-order chi connectivity index (χ1) is 7.49. The second-order valence-electron chi connectivity index (χ2n) is 4.80. The predicted octanol–water partition coefficient (Wildman–Crippen LogP) is 0.724. The number of piperidine rings is 1. The van der Waals surface area contributed by atoms with Gasteiger partial charge >= 0.3 is 0 Å². The van der Waals surface area contributed by atoms with Crippen molar-refractivity contribution < 1.29 is 8.42 Å². The minimum Gasteiger partial charge on any atom is -0.393 e. The molecule has 2 fully saturated rings. The Morgan fingerprint density at radius 3 is 2.25 bits per heavy atom. The van der Waals surface area contributed by atoms with Gasteiger partial charge in [0.15, 0.2) is 0 Å². The monoisotopic (exact) mass is 262 g/mol. The van der Waals surface area contributed by atoms with Gasteiger partial charge in [-0.3, -0.25) is 0 Å². The van der Waals surface area contributed by atoms with Crippen LogP contribution in [-0.4, -0.2) is 36.6 Å². The molecule has 2 aliphatic rings. The number of hydrogen-bond donors (Lipinski definition) is 1. The molecular weight excluding hydrogens is 244 g/mol. The maximum atomic E-state index is 12.0. The van der Waals surface area contributed by atoms with Crippen molar-refractivity contribution >= 4 is 27.2 Å². The maximum absolute atomic E-state index is 12.0. The van der Waals surface area contributed by atoms with Crippen LogP contribution in [0.4, 0.5) is 0 Å². The molecular formula is C10H18N2O2S2. The summed E-state index contributed by atoms with van der Waals surface area (Å²) in [7, 11) is -3.02. The Morgan fingerprint density at radius 1 is 1.25 bits per heavy atom. The van der Waals surface area contributed by atoms with Gasteiger partial charge in [0.25, 0.3) is 0 Å². The molecule has 0 bridgehead atoms. The van der Waals surface area contributed by atoms with Crippen molar-refractivity contribution in [3.05, 3.63) is 0 Å². The second kappa shape index (κ2) is 4.58. The third-order valence-corrected chi connectivity index (χ3v) is 5.77. The van der Waals surface area contributed by atoms with Crippen molar-refractivity contribution in [2.24, 2.45) is 17.6 Å². The lowest BCUT2D eigenvalue weighted by atomic mass is 9.98. The van der Waals surface area contributed by atoms with Crippen molar-refractivity contribution in [2.45, 2.75) is 25.7 Å². The van der Waals surface area contributed by atoms with Gasteiger partial charge < -0.3 is 5.73 Å². The lowest BCUT2D eigenvalue weighted by molar-refractivity contribution is 0.316. The van der Waals surface area contributed by atoms with Gasteiger partial charge in [0.2, 0.25) is 10.0 Å². The first-order valence-corrected chi connectivity index (χ1v) is 7.78. The number of rotatable bonds is 4. The van der Waals surface area contributed by atoms with E-state index in [0.29, 0.717) is 29.7 Å². The fourth-order valence-corrected chi connectivity index (χ4v) is 4.25. The summed E-state index contributed by atoms with van der Waals surface area (Å²) < 4.78 is 25.6. The van der Waals surface area contributed by atoms with Gasteiger partial charge in [-0.15, -0.1) is 0 Å². The highest BCUT2D eigenvalue weighted by Crippen LogP contribution is 2.32. The van der Waals surface area contributed by atoms with Crippen LogP contribution in [0.1, 0.15) is 25.7 Å². The molecule has 0 aromatic carbocycles. The molecule has 92 valence electrons. The van der Waals surface area contributed by atoms with E-state index in [1.807, 2.05) is 0 Å². The van der Waals surface area contributed by atoms with Gasteiger partial charge in [-0.1, -0.05) is 12.2 Å². The van der Waals surface area contributed by atoms with E-state index in [2.05, 4.69) is 0 Å². The number of thiocarbonyl (C=S) groups is 1. The molecule has 2 rings (SSSR count). The summed E-state index contributed by atoms with van der Waals surface area (Å²) in [6.07, 6.45) is 3.70. The highest BCUT2D eigenvalue weighted by atomic mass is 32.2. The summed E-state index contributed by atoms with van der Waals surface area (Å²) in [5, 5.41) is 0. The third kappa shape index (κ3) is 2.93. The average Bonchev–Trinajstić information content (AvgIpc) is 3.01. The van der Waals surface area contributed by atoms with E-state index >= 15 is 0 Å². The third-order valence-electron chi connectivity index (χ3n) is 3.39. The Bertz CT molecular complexity index is 368. The molecule has 1 heterocycles. The first kappa shape index (κ1) is 12.3. The number of sulfonamides is 1. The summed E-state index contributed by atoms with van der Waals surface area (Å²) >= 11 is 4.94. The van der Waals surface area contributed by atoms with Gasteiger partial charge in [0.05, 0.1) is 10.7 Å². The summed E-state index contributed by atoms with van der Waals surface area (Å²) in [5.41, 5.74) is 5.58. The van der Waals surface area contributed by atoms with Crippen LogP contribution in [0.15, 0.2) is 0 Å². The number of nitrogens with two attached hydrogens (primary N) is 1. The maximum Gasteiger partial charge on any atom is 0.214 e. The molecule has 1 aliphatic carbocycles. The minimum absolute atomic E-state index is 0.224. The van der Waals surface area contributed by atoms with Crippen molar-refractivity contribution in [1.82, 2.24) is 4.31 Å². The van der Waals surface area contributed by atoms with E-state index in [-0.39, 0.29) is 5.92 Å². The molecule has 0 radical (unpaired) electrons. The Morgan fingerprint density at radius 2 is 1.81 bits per heavy atom. The van der Waals surface area contributed by atoms with E-state index in [0.717, 1.165) is 25.7 Å². The fourth-order valence-electron chi connectivity index (χ4n) is 2.11. The highest BCUT2D eigenvalue weighted by molar-refractivity contribution is 7.89. The molecule has 0 unspecified atom stereocenters. The van der Waals surface area contributed by atoms with E-state index in [4.69, 9.17) is 18.0 Å². The van der Waals surface area contributed by atoms with Crippen LogP contribution in [0.5, 0.6) is 0 Å². The topological polar surface area (TPSA) is 63.4 Å².